The Morgan fingerprint density at radius 1 is 1.10 bits per heavy atom. The Hall–Kier alpha value is -2.20. The van der Waals surface area contributed by atoms with Crippen molar-refractivity contribution in [3.05, 3.63) is 66.0 Å². The molecule has 0 aliphatic heterocycles. The molecule has 4 heteroatoms. The lowest BCUT2D eigenvalue weighted by molar-refractivity contribution is -0.115. The molecule has 2 aromatic rings. The molecule has 2 N–H and O–H groups in total. The highest BCUT2D eigenvalue weighted by Crippen LogP contribution is 2.15. The summed E-state index contributed by atoms with van der Waals surface area (Å²) in [6.07, 6.45) is 0. The van der Waals surface area contributed by atoms with Gasteiger partial charge in [-0.15, -0.1) is 0 Å². The van der Waals surface area contributed by atoms with Crippen molar-refractivity contribution in [3.8, 4) is 0 Å². The number of nitrogens with one attached hydrogen (secondary N) is 2. The highest BCUT2D eigenvalue weighted by molar-refractivity contribution is 5.92. The van der Waals surface area contributed by atoms with Gasteiger partial charge in [0.1, 0.15) is 5.82 Å². The van der Waals surface area contributed by atoms with E-state index in [2.05, 4.69) is 10.6 Å². The van der Waals surface area contributed by atoms with E-state index in [0.717, 1.165) is 5.69 Å². The normalized spacial score (nSPS) is 11.9. The summed E-state index contributed by atoms with van der Waals surface area (Å²) in [5, 5.41) is 5.78. The molecule has 0 aromatic heterocycles. The first-order valence-corrected chi connectivity index (χ1v) is 6.49. The summed E-state index contributed by atoms with van der Waals surface area (Å²) in [4.78, 5) is 11.8. The van der Waals surface area contributed by atoms with Crippen molar-refractivity contribution < 1.29 is 9.18 Å². The van der Waals surface area contributed by atoms with Gasteiger partial charge in [0, 0.05) is 17.3 Å². The zero-order valence-corrected chi connectivity index (χ0v) is 11.3. The Morgan fingerprint density at radius 3 is 2.45 bits per heavy atom. The van der Waals surface area contributed by atoms with Crippen LogP contribution in [0.3, 0.4) is 0 Å². The highest BCUT2D eigenvalue weighted by atomic mass is 19.1. The topological polar surface area (TPSA) is 41.1 Å². The van der Waals surface area contributed by atoms with Crippen LogP contribution in [0.4, 0.5) is 10.1 Å². The minimum absolute atomic E-state index is 0.129. The smallest absolute Gasteiger partial charge is 0.238 e. The van der Waals surface area contributed by atoms with Gasteiger partial charge in [-0.25, -0.2) is 4.39 Å². The molecule has 0 aliphatic rings. The van der Waals surface area contributed by atoms with Crippen LogP contribution in [0.1, 0.15) is 18.5 Å². The minimum Gasteiger partial charge on any atom is -0.325 e. The Kier molecular flexibility index (Phi) is 4.85. The van der Waals surface area contributed by atoms with Gasteiger partial charge in [0.05, 0.1) is 6.54 Å². The molecule has 1 amide bonds. The fourth-order valence-electron chi connectivity index (χ4n) is 1.91. The van der Waals surface area contributed by atoms with Crippen LogP contribution in [-0.2, 0) is 4.79 Å². The molecule has 0 radical (unpaired) electrons. The number of hydrogen-bond donors (Lipinski definition) is 2. The standard InChI is InChI=1S/C16H17FN2O/c1-12(14-9-5-6-10-15(14)17)18-11-16(20)19-13-7-3-2-4-8-13/h2-10,12,18H,11H2,1H3,(H,19,20)/t12-/m1/s1. The zero-order chi connectivity index (χ0) is 14.4. The van der Waals surface area contributed by atoms with E-state index >= 15 is 0 Å². The van der Waals surface area contributed by atoms with Crippen LogP contribution in [0.15, 0.2) is 54.6 Å². The van der Waals surface area contributed by atoms with Gasteiger partial charge < -0.3 is 10.6 Å². The van der Waals surface area contributed by atoms with Crippen LogP contribution < -0.4 is 10.6 Å². The molecule has 2 aromatic carbocycles. The number of amides is 1. The summed E-state index contributed by atoms with van der Waals surface area (Å²) in [6, 6.07) is 15.5. The van der Waals surface area contributed by atoms with Crippen molar-refractivity contribution in [2.45, 2.75) is 13.0 Å². The first-order valence-electron chi connectivity index (χ1n) is 6.49. The molecule has 2 rings (SSSR count). The highest BCUT2D eigenvalue weighted by Gasteiger charge is 2.11. The summed E-state index contributed by atoms with van der Waals surface area (Å²) in [5.41, 5.74) is 1.30. The fraction of sp³-hybridized carbons (Fsp3) is 0.188. The monoisotopic (exact) mass is 272 g/mol. The Bertz CT molecular complexity index is 572. The molecule has 0 saturated heterocycles. The van der Waals surface area contributed by atoms with E-state index in [9.17, 15) is 9.18 Å². The maximum absolute atomic E-state index is 13.6. The first-order chi connectivity index (χ1) is 9.66. The zero-order valence-electron chi connectivity index (χ0n) is 11.3. The molecule has 0 spiro atoms. The lowest BCUT2D eigenvalue weighted by Crippen LogP contribution is -2.30. The third kappa shape index (κ3) is 3.90. The number of carbonyl (C=O) groups is 1. The number of rotatable bonds is 5. The van der Waals surface area contributed by atoms with Gasteiger partial charge in [0.2, 0.25) is 5.91 Å². The van der Waals surface area contributed by atoms with Gasteiger partial charge in [0.15, 0.2) is 0 Å². The predicted octanol–water partition coefficient (Wildman–Crippen LogP) is 3.12. The van der Waals surface area contributed by atoms with Crippen LogP contribution in [0.2, 0.25) is 0 Å². The molecule has 0 fully saturated rings. The van der Waals surface area contributed by atoms with Gasteiger partial charge in [-0.05, 0) is 25.1 Å². The largest absolute Gasteiger partial charge is 0.325 e. The molecule has 0 aliphatic carbocycles. The molecular weight excluding hydrogens is 255 g/mol. The van der Waals surface area contributed by atoms with Crippen molar-refractivity contribution in [3.63, 3.8) is 0 Å². The molecule has 0 unspecified atom stereocenters. The van der Waals surface area contributed by atoms with Crippen molar-refractivity contribution >= 4 is 11.6 Å². The lowest BCUT2D eigenvalue weighted by Gasteiger charge is -2.14. The Balaban J connectivity index is 1.86. The lowest BCUT2D eigenvalue weighted by atomic mass is 10.1. The first kappa shape index (κ1) is 14.2. The number of para-hydroxylation sites is 1. The van der Waals surface area contributed by atoms with Crippen LogP contribution in [-0.4, -0.2) is 12.5 Å². The van der Waals surface area contributed by atoms with Crippen LogP contribution in [0.25, 0.3) is 0 Å². The number of anilines is 1. The van der Waals surface area contributed by atoms with Gasteiger partial charge in [-0.2, -0.15) is 0 Å². The molecular formula is C16H17FN2O. The molecule has 1 atom stereocenters. The van der Waals surface area contributed by atoms with E-state index in [-0.39, 0.29) is 24.3 Å². The summed E-state index contributed by atoms with van der Waals surface area (Å²) in [5.74, 6) is -0.421. The molecule has 20 heavy (non-hydrogen) atoms. The minimum atomic E-state index is -0.268. The van der Waals surface area contributed by atoms with Crippen molar-refractivity contribution in [1.29, 1.82) is 0 Å². The molecule has 0 saturated carbocycles. The third-order valence-electron chi connectivity index (χ3n) is 3.00. The summed E-state index contributed by atoms with van der Waals surface area (Å²) in [6.45, 7) is 1.96. The van der Waals surface area contributed by atoms with Gasteiger partial charge in [0.25, 0.3) is 0 Å². The second-order valence-corrected chi connectivity index (χ2v) is 4.54. The van der Waals surface area contributed by atoms with E-state index < -0.39 is 0 Å². The fourth-order valence-corrected chi connectivity index (χ4v) is 1.91. The van der Waals surface area contributed by atoms with E-state index in [0.29, 0.717) is 5.56 Å². The van der Waals surface area contributed by atoms with Crippen molar-refractivity contribution in [2.75, 3.05) is 11.9 Å². The SMILES string of the molecule is C[C@@H](NCC(=O)Nc1ccccc1)c1ccccc1F. The van der Waals surface area contributed by atoms with Crippen molar-refractivity contribution in [1.82, 2.24) is 5.32 Å². The number of benzene rings is 2. The van der Waals surface area contributed by atoms with Crippen LogP contribution >= 0.6 is 0 Å². The third-order valence-corrected chi connectivity index (χ3v) is 3.00. The average molecular weight is 272 g/mol. The van der Waals surface area contributed by atoms with E-state index in [4.69, 9.17) is 0 Å². The van der Waals surface area contributed by atoms with Crippen LogP contribution in [0, 0.1) is 5.82 Å². The number of carbonyl (C=O) groups excluding carboxylic acids is 1. The molecule has 0 heterocycles. The Morgan fingerprint density at radius 2 is 1.75 bits per heavy atom. The van der Waals surface area contributed by atoms with Crippen LogP contribution in [0.5, 0.6) is 0 Å². The maximum atomic E-state index is 13.6. The Labute approximate surface area is 117 Å². The van der Waals surface area contributed by atoms with E-state index in [1.165, 1.54) is 6.07 Å². The molecule has 3 nitrogen and oxygen atoms in total. The summed E-state index contributed by atoms with van der Waals surface area (Å²) >= 11 is 0. The number of hydrogen-bond acceptors (Lipinski definition) is 2. The predicted molar refractivity (Wildman–Crippen MR) is 77.9 cm³/mol. The van der Waals surface area contributed by atoms with Gasteiger partial charge in [-0.3, -0.25) is 4.79 Å². The van der Waals surface area contributed by atoms with Gasteiger partial charge >= 0.3 is 0 Å². The van der Waals surface area contributed by atoms with E-state index in [1.807, 2.05) is 37.3 Å². The number of halogens is 1. The summed E-state index contributed by atoms with van der Waals surface area (Å²) < 4.78 is 13.6. The molecule has 0 bridgehead atoms. The summed E-state index contributed by atoms with van der Waals surface area (Å²) in [7, 11) is 0. The van der Waals surface area contributed by atoms with Crippen molar-refractivity contribution in [2.24, 2.45) is 0 Å². The quantitative estimate of drug-likeness (QED) is 0.878. The van der Waals surface area contributed by atoms with Gasteiger partial charge in [-0.1, -0.05) is 36.4 Å². The second-order valence-electron chi connectivity index (χ2n) is 4.54. The van der Waals surface area contributed by atoms with E-state index in [1.54, 1.807) is 18.2 Å². The maximum Gasteiger partial charge on any atom is 0.238 e. The average Bonchev–Trinajstić information content (AvgIpc) is 2.46. The molecule has 104 valence electrons. The second kappa shape index (κ2) is 6.82.